The fraction of sp³-hybridized carbons (Fsp3) is 0.462. The third-order valence-electron chi connectivity index (χ3n) is 6.47. The summed E-state index contributed by atoms with van der Waals surface area (Å²) in [6.07, 6.45) is 2.55. The number of rotatable bonds is 4. The Kier molecular flexibility index (Phi) is 6.38. The normalized spacial score (nSPS) is 24.6. The van der Waals surface area contributed by atoms with Crippen molar-refractivity contribution in [3.8, 4) is 0 Å². The van der Waals surface area contributed by atoms with Crippen molar-refractivity contribution < 1.29 is 28.2 Å². The number of aliphatic hydroxyl groups is 1. The predicted octanol–water partition coefficient (Wildman–Crippen LogP) is 4.63. The average Bonchev–Trinajstić information content (AvgIpc) is 2.98. The summed E-state index contributed by atoms with van der Waals surface area (Å²) in [4.78, 5) is 27.0. The van der Waals surface area contributed by atoms with Crippen molar-refractivity contribution in [1.29, 1.82) is 0 Å². The highest BCUT2D eigenvalue weighted by Crippen LogP contribution is 2.46. The lowest BCUT2D eigenvalue weighted by Gasteiger charge is -2.32. The molecule has 2 amide bonds. The molecule has 1 unspecified atom stereocenters. The first-order valence-corrected chi connectivity index (χ1v) is 11.6. The van der Waals surface area contributed by atoms with E-state index in [1.54, 1.807) is 24.3 Å². The quantitative estimate of drug-likeness (QED) is 0.680. The summed E-state index contributed by atoms with van der Waals surface area (Å²) in [6.45, 7) is 5.77. The van der Waals surface area contributed by atoms with Crippen LogP contribution in [-0.2, 0) is 15.1 Å². The van der Waals surface area contributed by atoms with Gasteiger partial charge in [0.2, 0.25) is 0 Å². The van der Waals surface area contributed by atoms with Gasteiger partial charge in [0.1, 0.15) is 17.2 Å². The SMILES string of the molecule is CC(C)(C)OC(=O)NC1CCC(CN2C(=O)C(O)(c3cc(F)ccc3F)c3ccccc32)CC1. The highest BCUT2D eigenvalue weighted by atomic mass is 19.1. The molecule has 182 valence electrons. The minimum Gasteiger partial charge on any atom is -0.444 e. The van der Waals surface area contributed by atoms with Gasteiger partial charge >= 0.3 is 6.09 Å². The molecule has 2 N–H and O–H groups in total. The fourth-order valence-electron chi connectivity index (χ4n) is 4.87. The van der Waals surface area contributed by atoms with Crippen LogP contribution in [0.25, 0.3) is 0 Å². The number of halogens is 2. The van der Waals surface area contributed by atoms with E-state index in [2.05, 4.69) is 5.32 Å². The van der Waals surface area contributed by atoms with Gasteiger partial charge in [-0.15, -0.1) is 0 Å². The third-order valence-corrected chi connectivity index (χ3v) is 6.47. The van der Waals surface area contributed by atoms with Gasteiger partial charge < -0.3 is 20.1 Å². The first kappa shape index (κ1) is 24.1. The Morgan fingerprint density at radius 3 is 2.47 bits per heavy atom. The van der Waals surface area contributed by atoms with Crippen LogP contribution in [0.2, 0.25) is 0 Å². The van der Waals surface area contributed by atoms with Gasteiger partial charge in [-0.2, -0.15) is 0 Å². The molecule has 34 heavy (non-hydrogen) atoms. The van der Waals surface area contributed by atoms with Crippen LogP contribution in [0.1, 0.15) is 57.6 Å². The summed E-state index contributed by atoms with van der Waals surface area (Å²) >= 11 is 0. The van der Waals surface area contributed by atoms with Crippen LogP contribution in [-0.4, -0.2) is 35.3 Å². The molecule has 8 heteroatoms. The van der Waals surface area contributed by atoms with E-state index in [0.29, 0.717) is 12.2 Å². The van der Waals surface area contributed by atoms with E-state index in [1.807, 2.05) is 20.8 Å². The lowest BCUT2D eigenvalue weighted by Crippen LogP contribution is -2.45. The molecule has 2 aromatic carbocycles. The molecule has 0 radical (unpaired) electrons. The maximum Gasteiger partial charge on any atom is 0.407 e. The van der Waals surface area contributed by atoms with E-state index < -0.39 is 40.4 Å². The number of alkyl carbamates (subject to hydrolysis) is 1. The van der Waals surface area contributed by atoms with Crippen LogP contribution < -0.4 is 10.2 Å². The molecule has 1 aliphatic heterocycles. The van der Waals surface area contributed by atoms with Crippen molar-refractivity contribution >= 4 is 17.7 Å². The molecule has 6 nitrogen and oxygen atoms in total. The van der Waals surface area contributed by atoms with E-state index in [0.717, 1.165) is 43.9 Å². The number of fused-ring (bicyclic) bond motifs is 1. The van der Waals surface area contributed by atoms with Crippen molar-refractivity contribution in [2.45, 2.75) is 63.7 Å². The lowest BCUT2D eigenvalue weighted by molar-refractivity contribution is -0.132. The molecule has 0 bridgehead atoms. The second-order valence-corrected chi connectivity index (χ2v) is 10.1. The number of hydrogen-bond donors (Lipinski definition) is 2. The summed E-state index contributed by atoms with van der Waals surface area (Å²) in [6, 6.07) is 9.42. The summed E-state index contributed by atoms with van der Waals surface area (Å²) in [5.74, 6) is -2.13. The number of anilines is 1. The number of nitrogens with one attached hydrogen (secondary N) is 1. The van der Waals surface area contributed by atoms with Crippen molar-refractivity contribution in [2.24, 2.45) is 5.92 Å². The number of ether oxygens (including phenoxy) is 1. The smallest absolute Gasteiger partial charge is 0.407 e. The minimum absolute atomic E-state index is 0.00834. The van der Waals surface area contributed by atoms with Crippen LogP contribution in [0.4, 0.5) is 19.3 Å². The van der Waals surface area contributed by atoms with Gasteiger partial charge in [0.25, 0.3) is 5.91 Å². The zero-order chi connectivity index (χ0) is 24.7. The van der Waals surface area contributed by atoms with Gasteiger partial charge in [-0.25, -0.2) is 13.6 Å². The highest BCUT2D eigenvalue weighted by molar-refractivity contribution is 6.09. The van der Waals surface area contributed by atoms with E-state index in [4.69, 9.17) is 4.74 Å². The Bertz CT molecular complexity index is 1090. The van der Waals surface area contributed by atoms with Gasteiger partial charge in [0, 0.05) is 23.7 Å². The Morgan fingerprint density at radius 2 is 1.79 bits per heavy atom. The second kappa shape index (κ2) is 8.98. The first-order chi connectivity index (χ1) is 16.0. The molecule has 1 atom stereocenters. The maximum atomic E-state index is 14.6. The molecule has 1 saturated carbocycles. The molecule has 1 aliphatic carbocycles. The molecular formula is C26H30F2N2O4. The number of benzene rings is 2. The Morgan fingerprint density at radius 1 is 1.12 bits per heavy atom. The van der Waals surface area contributed by atoms with Crippen molar-refractivity contribution in [1.82, 2.24) is 5.32 Å². The summed E-state index contributed by atoms with van der Waals surface area (Å²) in [5.41, 5.74) is -2.52. The zero-order valence-corrected chi connectivity index (χ0v) is 19.6. The first-order valence-electron chi connectivity index (χ1n) is 11.6. The Hall–Kier alpha value is -3.00. The van der Waals surface area contributed by atoms with E-state index in [-0.39, 0.29) is 17.5 Å². The molecule has 0 saturated heterocycles. The standard InChI is InChI=1S/C26H30F2N2O4/c1-25(2,3)34-24(32)29-18-11-8-16(9-12-18)15-30-22-7-5-4-6-19(22)26(33,23(30)31)20-14-17(27)10-13-21(20)28/h4-7,10,13-14,16,18,33H,8-9,11-12,15H2,1-3H3,(H,29,32). The number of carbonyl (C=O) groups is 2. The number of para-hydroxylation sites is 1. The molecular weight excluding hydrogens is 442 g/mol. The van der Waals surface area contributed by atoms with Crippen LogP contribution >= 0.6 is 0 Å². The molecule has 2 aliphatic rings. The van der Waals surface area contributed by atoms with Crippen molar-refractivity contribution in [3.05, 3.63) is 65.2 Å². The fourth-order valence-corrected chi connectivity index (χ4v) is 4.87. The number of amides is 2. The van der Waals surface area contributed by atoms with Gasteiger partial charge in [0.05, 0.1) is 5.69 Å². The molecule has 1 fully saturated rings. The van der Waals surface area contributed by atoms with Crippen molar-refractivity contribution in [2.75, 3.05) is 11.4 Å². The lowest BCUT2D eigenvalue weighted by atomic mass is 9.85. The average molecular weight is 473 g/mol. The highest BCUT2D eigenvalue weighted by Gasteiger charge is 2.52. The molecule has 0 spiro atoms. The third kappa shape index (κ3) is 4.64. The van der Waals surface area contributed by atoms with E-state index in [9.17, 15) is 23.5 Å². The monoisotopic (exact) mass is 472 g/mol. The minimum atomic E-state index is -2.29. The largest absolute Gasteiger partial charge is 0.444 e. The number of carbonyl (C=O) groups excluding carboxylic acids is 2. The van der Waals surface area contributed by atoms with Gasteiger partial charge in [-0.1, -0.05) is 18.2 Å². The summed E-state index contributed by atoms with van der Waals surface area (Å²) in [7, 11) is 0. The van der Waals surface area contributed by atoms with E-state index in [1.165, 1.54) is 4.90 Å². The maximum absolute atomic E-state index is 14.6. The van der Waals surface area contributed by atoms with Crippen molar-refractivity contribution in [3.63, 3.8) is 0 Å². The van der Waals surface area contributed by atoms with Gasteiger partial charge in [0.15, 0.2) is 5.60 Å². The predicted molar refractivity (Wildman–Crippen MR) is 123 cm³/mol. The number of hydrogen-bond acceptors (Lipinski definition) is 4. The molecule has 4 rings (SSSR count). The van der Waals surface area contributed by atoms with Crippen LogP contribution in [0.3, 0.4) is 0 Å². The van der Waals surface area contributed by atoms with Crippen LogP contribution in [0.5, 0.6) is 0 Å². The van der Waals surface area contributed by atoms with Gasteiger partial charge in [-0.3, -0.25) is 4.79 Å². The summed E-state index contributed by atoms with van der Waals surface area (Å²) < 4.78 is 33.9. The van der Waals surface area contributed by atoms with E-state index >= 15 is 0 Å². The zero-order valence-electron chi connectivity index (χ0n) is 19.6. The number of nitrogens with zero attached hydrogens (tertiary/aromatic N) is 1. The summed E-state index contributed by atoms with van der Waals surface area (Å²) in [5, 5.41) is 14.4. The second-order valence-electron chi connectivity index (χ2n) is 10.1. The molecule has 2 aromatic rings. The Balaban J connectivity index is 1.48. The topological polar surface area (TPSA) is 78.9 Å². The molecule has 0 aromatic heterocycles. The van der Waals surface area contributed by atoms with Gasteiger partial charge in [-0.05, 0) is 76.6 Å². The Labute approximate surface area is 197 Å². The van der Waals surface area contributed by atoms with Crippen LogP contribution in [0, 0.1) is 17.6 Å². The van der Waals surface area contributed by atoms with Crippen LogP contribution in [0.15, 0.2) is 42.5 Å². The molecule has 1 heterocycles.